The van der Waals surface area contributed by atoms with Crippen LogP contribution in [-0.4, -0.2) is 23.5 Å². The van der Waals surface area contributed by atoms with E-state index in [4.69, 9.17) is 15.4 Å². The maximum atomic E-state index is 11.6. The minimum atomic E-state index is -0.246. The van der Waals surface area contributed by atoms with Crippen LogP contribution in [0.1, 0.15) is 36.1 Å². The molecular weight excluding hydrogens is 222 g/mol. The Kier molecular flexibility index (Phi) is 5.06. The molecule has 1 rings (SSSR count). The van der Waals surface area contributed by atoms with Crippen LogP contribution in [0.15, 0.2) is 21.7 Å². The zero-order chi connectivity index (χ0) is 12.7. The number of hydrogen-bond donors (Lipinski definition) is 3. The summed E-state index contributed by atoms with van der Waals surface area (Å²) in [5.41, 5.74) is 5.29. The molecule has 1 aromatic rings. The number of nitrogens with one attached hydrogen (secondary N) is 1. The molecule has 0 radical (unpaired) electrons. The number of hydrogen-bond acceptors (Lipinski definition) is 4. The van der Waals surface area contributed by atoms with Crippen LogP contribution < -0.4 is 11.1 Å². The van der Waals surface area contributed by atoms with E-state index in [0.29, 0.717) is 25.1 Å². The van der Waals surface area contributed by atoms with Crippen LogP contribution >= 0.6 is 0 Å². The predicted molar refractivity (Wildman–Crippen MR) is 63.1 cm³/mol. The van der Waals surface area contributed by atoms with Gasteiger partial charge in [-0.1, -0.05) is 12.1 Å². The molecule has 0 saturated carbocycles. The summed E-state index contributed by atoms with van der Waals surface area (Å²) in [6.45, 7) is 2.41. The molecule has 6 heteroatoms. The lowest BCUT2D eigenvalue weighted by atomic mass is 10.3. The number of carbonyl (C=O) groups excluding carboxylic acids is 1. The summed E-state index contributed by atoms with van der Waals surface area (Å²) in [6.07, 6.45) is 1.81. The van der Waals surface area contributed by atoms with Crippen molar-refractivity contribution in [1.29, 1.82) is 0 Å². The molecule has 0 spiro atoms. The number of carbonyl (C=O) groups is 1. The zero-order valence-corrected chi connectivity index (χ0v) is 9.77. The SMILES string of the molecule is CCc1ccc(C(=O)NCCCC(N)=NO)o1. The molecule has 0 bridgehead atoms. The van der Waals surface area contributed by atoms with E-state index in [1.807, 2.05) is 6.92 Å². The number of oxime groups is 1. The minimum absolute atomic E-state index is 0.158. The Bertz CT molecular complexity index is 398. The summed E-state index contributed by atoms with van der Waals surface area (Å²) < 4.78 is 5.29. The Morgan fingerprint density at radius 1 is 1.59 bits per heavy atom. The summed E-state index contributed by atoms with van der Waals surface area (Å²) in [5, 5.41) is 13.8. The quantitative estimate of drug-likeness (QED) is 0.227. The van der Waals surface area contributed by atoms with Crippen molar-refractivity contribution in [3.05, 3.63) is 23.7 Å². The average molecular weight is 239 g/mol. The molecule has 1 heterocycles. The molecule has 0 fully saturated rings. The molecule has 0 atom stereocenters. The van der Waals surface area contributed by atoms with Gasteiger partial charge in [-0.3, -0.25) is 4.79 Å². The second-order valence-corrected chi connectivity index (χ2v) is 3.57. The van der Waals surface area contributed by atoms with Crippen molar-refractivity contribution in [2.24, 2.45) is 10.9 Å². The van der Waals surface area contributed by atoms with Crippen molar-refractivity contribution in [1.82, 2.24) is 5.32 Å². The molecule has 94 valence electrons. The van der Waals surface area contributed by atoms with Gasteiger partial charge in [0.1, 0.15) is 11.6 Å². The van der Waals surface area contributed by atoms with Gasteiger partial charge >= 0.3 is 0 Å². The summed E-state index contributed by atoms with van der Waals surface area (Å²) in [7, 11) is 0. The summed E-state index contributed by atoms with van der Waals surface area (Å²) in [4.78, 5) is 11.6. The van der Waals surface area contributed by atoms with Crippen LogP contribution in [0.5, 0.6) is 0 Å². The standard InChI is InChI=1S/C11H17N3O3/c1-2-8-5-6-9(17-8)11(15)13-7-3-4-10(12)14-16/h5-6,16H,2-4,7H2,1H3,(H2,12,14)(H,13,15). The first-order valence-electron chi connectivity index (χ1n) is 5.50. The second-order valence-electron chi connectivity index (χ2n) is 3.57. The molecule has 17 heavy (non-hydrogen) atoms. The molecule has 0 aliphatic heterocycles. The highest BCUT2D eigenvalue weighted by atomic mass is 16.4. The molecule has 4 N–H and O–H groups in total. The van der Waals surface area contributed by atoms with E-state index in [0.717, 1.165) is 12.2 Å². The monoisotopic (exact) mass is 239 g/mol. The highest BCUT2D eigenvalue weighted by molar-refractivity contribution is 5.91. The van der Waals surface area contributed by atoms with E-state index in [2.05, 4.69) is 10.5 Å². The van der Waals surface area contributed by atoms with Crippen LogP contribution in [-0.2, 0) is 6.42 Å². The highest BCUT2D eigenvalue weighted by Gasteiger charge is 2.09. The summed E-state index contributed by atoms with van der Waals surface area (Å²) >= 11 is 0. The Balaban J connectivity index is 2.30. The van der Waals surface area contributed by atoms with E-state index in [1.165, 1.54) is 0 Å². The number of nitrogens with zero attached hydrogens (tertiary/aromatic N) is 1. The third-order valence-corrected chi connectivity index (χ3v) is 2.26. The number of amides is 1. The average Bonchev–Trinajstić information content (AvgIpc) is 2.82. The fourth-order valence-electron chi connectivity index (χ4n) is 1.30. The van der Waals surface area contributed by atoms with E-state index in [1.54, 1.807) is 12.1 Å². The second kappa shape index (κ2) is 6.57. The van der Waals surface area contributed by atoms with Crippen molar-refractivity contribution in [2.75, 3.05) is 6.54 Å². The first kappa shape index (κ1) is 13.1. The first-order valence-corrected chi connectivity index (χ1v) is 5.50. The van der Waals surface area contributed by atoms with E-state index in [9.17, 15) is 4.79 Å². The number of amidine groups is 1. The number of furan rings is 1. The maximum Gasteiger partial charge on any atom is 0.286 e. The Hall–Kier alpha value is -1.98. The van der Waals surface area contributed by atoms with Crippen molar-refractivity contribution in [3.8, 4) is 0 Å². The fourth-order valence-corrected chi connectivity index (χ4v) is 1.30. The Morgan fingerprint density at radius 3 is 2.94 bits per heavy atom. The van der Waals surface area contributed by atoms with Crippen molar-refractivity contribution in [3.63, 3.8) is 0 Å². The van der Waals surface area contributed by atoms with E-state index >= 15 is 0 Å². The molecule has 1 aromatic heterocycles. The van der Waals surface area contributed by atoms with Crippen LogP contribution in [0.25, 0.3) is 0 Å². The third-order valence-electron chi connectivity index (χ3n) is 2.26. The van der Waals surface area contributed by atoms with Crippen LogP contribution in [0, 0.1) is 0 Å². The molecule has 0 saturated heterocycles. The lowest BCUT2D eigenvalue weighted by Crippen LogP contribution is -2.25. The normalized spacial score (nSPS) is 11.5. The molecule has 0 aromatic carbocycles. The predicted octanol–water partition coefficient (Wildman–Crippen LogP) is 1.10. The summed E-state index contributed by atoms with van der Waals surface area (Å²) in [6, 6.07) is 3.43. The maximum absolute atomic E-state index is 11.6. The van der Waals surface area contributed by atoms with Gasteiger partial charge in [-0.15, -0.1) is 0 Å². The van der Waals surface area contributed by atoms with Gasteiger partial charge in [0.2, 0.25) is 0 Å². The molecule has 0 unspecified atom stereocenters. The fraction of sp³-hybridized carbons (Fsp3) is 0.455. The van der Waals surface area contributed by atoms with Gasteiger partial charge in [-0.25, -0.2) is 0 Å². The number of nitrogens with two attached hydrogens (primary N) is 1. The van der Waals surface area contributed by atoms with Crippen LogP contribution in [0.3, 0.4) is 0 Å². The van der Waals surface area contributed by atoms with Gasteiger partial charge in [0, 0.05) is 19.4 Å². The smallest absolute Gasteiger partial charge is 0.286 e. The van der Waals surface area contributed by atoms with Crippen LogP contribution in [0.2, 0.25) is 0 Å². The molecule has 0 aliphatic rings. The highest BCUT2D eigenvalue weighted by Crippen LogP contribution is 2.07. The van der Waals surface area contributed by atoms with E-state index in [-0.39, 0.29) is 11.7 Å². The Labute approximate surface area is 99.5 Å². The Morgan fingerprint density at radius 2 is 2.35 bits per heavy atom. The van der Waals surface area contributed by atoms with Crippen LogP contribution in [0.4, 0.5) is 0 Å². The topological polar surface area (TPSA) is 101 Å². The van der Waals surface area contributed by atoms with Crippen molar-refractivity contribution >= 4 is 11.7 Å². The van der Waals surface area contributed by atoms with Gasteiger partial charge in [0.15, 0.2) is 5.76 Å². The molecule has 0 aliphatic carbocycles. The zero-order valence-electron chi connectivity index (χ0n) is 9.77. The van der Waals surface area contributed by atoms with Crippen molar-refractivity contribution in [2.45, 2.75) is 26.2 Å². The van der Waals surface area contributed by atoms with Gasteiger partial charge in [0.25, 0.3) is 5.91 Å². The van der Waals surface area contributed by atoms with E-state index < -0.39 is 0 Å². The third kappa shape index (κ3) is 4.18. The number of aryl methyl sites for hydroxylation is 1. The molecule has 1 amide bonds. The first-order chi connectivity index (χ1) is 8.17. The molecule has 6 nitrogen and oxygen atoms in total. The van der Waals surface area contributed by atoms with Gasteiger partial charge in [-0.2, -0.15) is 0 Å². The lowest BCUT2D eigenvalue weighted by molar-refractivity contribution is 0.0924. The minimum Gasteiger partial charge on any atom is -0.456 e. The van der Waals surface area contributed by atoms with Gasteiger partial charge < -0.3 is 20.7 Å². The largest absolute Gasteiger partial charge is 0.456 e. The van der Waals surface area contributed by atoms with Gasteiger partial charge in [0.05, 0.1) is 0 Å². The number of rotatable bonds is 6. The molecular formula is C11H17N3O3. The van der Waals surface area contributed by atoms with Gasteiger partial charge in [-0.05, 0) is 18.6 Å². The lowest BCUT2D eigenvalue weighted by Gasteiger charge is -2.02. The van der Waals surface area contributed by atoms with Crippen molar-refractivity contribution < 1.29 is 14.4 Å². The summed E-state index contributed by atoms with van der Waals surface area (Å²) in [5.74, 6) is 1.01.